The predicted molar refractivity (Wildman–Crippen MR) is 202 cm³/mol. The van der Waals surface area contributed by atoms with Crippen LogP contribution in [0.15, 0.2) is 133 Å². The average molecular weight is 700 g/mol. The number of Topliss-reactive ketones (excluding diaryl/α,β-unsaturated/α-hetero) is 1. The van der Waals surface area contributed by atoms with Crippen molar-refractivity contribution in [3.8, 4) is 5.75 Å². The number of anilines is 1. The molecule has 0 bridgehead atoms. The number of carbonyl (C=O) groups is 2. The van der Waals surface area contributed by atoms with Crippen LogP contribution in [0, 0.1) is 0 Å². The summed E-state index contributed by atoms with van der Waals surface area (Å²) in [7, 11) is 0. The van der Waals surface area contributed by atoms with Crippen LogP contribution >= 0.6 is 42.2 Å². The van der Waals surface area contributed by atoms with E-state index in [1.807, 2.05) is 90.7 Å². The molecule has 0 saturated carbocycles. The Morgan fingerprint density at radius 1 is 0.787 bits per heavy atom. The van der Waals surface area contributed by atoms with Gasteiger partial charge in [-0.3, -0.25) is 14.9 Å². The third-order valence-corrected chi connectivity index (χ3v) is 12.8. The zero-order valence-corrected chi connectivity index (χ0v) is 28.7. The summed E-state index contributed by atoms with van der Waals surface area (Å²) >= 11 is 7.48. The highest BCUT2D eigenvalue weighted by Gasteiger charge is 2.27. The molecule has 0 fully saturated rings. The van der Waals surface area contributed by atoms with E-state index in [0.717, 1.165) is 31.7 Å². The summed E-state index contributed by atoms with van der Waals surface area (Å²) in [4.78, 5) is 31.5. The Morgan fingerprint density at radius 3 is 1.94 bits per heavy atom. The fourth-order valence-corrected chi connectivity index (χ4v) is 10.2. The summed E-state index contributed by atoms with van der Waals surface area (Å²) in [5.74, 6) is 2.57. The number of amides is 1. The number of carbonyl (C=O) groups excluding carboxylic acids is 2. The maximum absolute atomic E-state index is 14.3. The van der Waals surface area contributed by atoms with E-state index in [9.17, 15) is 9.59 Å². The number of halogens is 2. The summed E-state index contributed by atoms with van der Waals surface area (Å²) < 4.78 is 6.99. The predicted octanol–water partition coefficient (Wildman–Crippen LogP) is 7.89. The summed E-state index contributed by atoms with van der Waals surface area (Å²) in [6.07, 6.45) is 1.31. The number of nitrogens with zero attached hydrogens (tertiary/aromatic N) is 1. The molecule has 1 heterocycles. The standard InChI is InChI=1S/C38H32ClN2O3PS.ClH/c39-24-12-13-29-25-28(22-23-35(29)44-26-37(43)41-38-40-33-20-10-11-21-36(33)46-38)34(42)27-45(30-14-4-1-5-15-30,31-16-6-2-7-17-31)32-18-8-3-9-19-32;/h1-11,14-23,25,27H,12-13,24,26H2,(H,40,41,43);1H. The lowest BCUT2D eigenvalue weighted by atomic mass is 10.0. The van der Waals surface area contributed by atoms with Gasteiger partial charge in [0.2, 0.25) is 0 Å². The van der Waals surface area contributed by atoms with Crippen molar-refractivity contribution in [3.63, 3.8) is 0 Å². The minimum absolute atomic E-state index is 0. The van der Waals surface area contributed by atoms with Crippen LogP contribution in [0.5, 0.6) is 5.75 Å². The number of benzene rings is 5. The van der Waals surface area contributed by atoms with Crippen LogP contribution < -0.4 is 26.0 Å². The SMILES string of the molecule is Cl.O=C(COc1ccc(C(=O)C=P(c2ccccc2)(c2ccccc2)c2ccccc2)cc1CCCCl)Nc1nc2ccccc2s1. The van der Waals surface area contributed by atoms with Crippen molar-refractivity contribution in [2.45, 2.75) is 12.8 Å². The molecule has 0 aliphatic rings. The summed E-state index contributed by atoms with van der Waals surface area (Å²) in [5.41, 5.74) is 2.22. The van der Waals surface area contributed by atoms with Crippen molar-refractivity contribution in [1.29, 1.82) is 0 Å². The Morgan fingerprint density at radius 2 is 1.36 bits per heavy atom. The van der Waals surface area contributed by atoms with Crippen molar-refractivity contribution >= 4 is 91.0 Å². The number of hydrogen-bond acceptors (Lipinski definition) is 5. The van der Waals surface area contributed by atoms with Crippen LogP contribution in [0.1, 0.15) is 22.3 Å². The number of hydrogen-bond donors (Lipinski definition) is 1. The highest BCUT2D eigenvalue weighted by Crippen LogP contribution is 2.44. The van der Waals surface area contributed by atoms with Gasteiger partial charge >= 0.3 is 0 Å². The lowest BCUT2D eigenvalue weighted by molar-refractivity contribution is -0.118. The van der Waals surface area contributed by atoms with E-state index in [2.05, 4.69) is 46.7 Å². The Bertz CT molecular complexity index is 1880. The molecule has 1 amide bonds. The Kier molecular flexibility index (Phi) is 11.7. The smallest absolute Gasteiger partial charge is 0.264 e. The van der Waals surface area contributed by atoms with E-state index >= 15 is 0 Å². The molecule has 0 aliphatic heterocycles. The lowest BCUT2D eigenvalue weighted by Gasteiger charge is -2.28. The molecule has 238 valence electrons. The Labute approximate surface area is 290 Å². The van der Waals surface area contributed by atoms with E-state index in [-0.39, 0.29) is 30.7 Å². The first-order valence-corrected chi connectivity index (χ1v) is 18.2. The van der Waals surface area contributed by atoms with Gasteiger partial charge in [-0.2, -0.15) is 0 Å². The van der Waals surface area contributed by atoms with Crippen molar-refractivity contribution in [2.75, 3.05) is 17.8 Å². The first-order valence-electron chi connectivity index (χ1n) is 15.0. The molecule has 1 N–H and O–H groups in total. The van der Waals surface area contributed by atoms with Gasteiger partial charge < -0.3 is 4.74 Å². The van der Waals surface area contributed by atoms with Crippen LogP contribution in [0.3, 0.4) is 0 Å². The second-order valence-electron chi connectivity index (χ2n) is 10.7. The van der Waals surface area contributed by atoms with E-state index in [4.69, 9.17) is 16.3 Å². The van der Waals surface area contributed by atoms with Crippen LogP contribution in [0.25, 0.3) is 10.2 Å². The molecule has 6 rings (SSSR count). The van der Waals surface area contributed by atoms with Crippen molar-refractivity contribution in [1.82, 2.24) is 4.98 Å². The van der Waals surface area contributed by atoms with Crippen LogP contribution in [-0.4, -0.2) is 35.0 Å². The van der Waals surface area contributed by atoms with Crippen molar-refractivity contribution in [3.05, 3.63) is 145 Å². The number of ketones is 1. The molecular formula is C38H33Cl2N2O3PS. The quantitative estimate of drug-likeness (QED) is 0.0802. The van der Waals surface area contributed by atoms with E-state index in [1.165, 1.54) is 11.3 Å². The molecule has 0 aliphatic carbocycles. The number of nitrogens with one attached hydrogen (secondary N) is 1. The molecular weight excluding hydrogens is 666 g/mol. The maximum atomic E-state index is 14.3. The van der Waals surface area contributed by atoms with E-state index in [0.29, 0.717) is 35.2 Å². The summed E-state index contributed by atoms with van der Waals surface area (Å²) in [5, 5.41) is 6.65. The number of aryl methyl sites for hydroxylation is 1. The van der Waals surface area contributed by atoms with E-state index < -0.39 is 6.89 Å². The number of para-hydroxylation sites is 1. The lowest BCUT2D eigenvalue weighted by Crippen LogP contribution is -2.28. The number of rotatable bonds is 12. The van der Waals surface area contributed by atoms with Crippen molar-refractivity contribution < 1.29 is 14.3 Å². The largest absolute Gasteiger partial charge is 0.483 e. The van der Waals surface area contributed by atoms with E-state index in [1.54, 1.807) is 12.1 Å². The zero-order chi connectivity index (χ0) is 31.8. The second-order valence-corrected chi connectivity index (χ2v) is 15.3. The van der Waals surface area contributed by atoms with Gasteiger partial charge in [-0.15, -0.1) is 24.0 Å². The molecule has 5 aromatic carbocycles. The monoisotopic (exact) mass is 698 g/mol. The Hall–Kier alpha value is -4.19. The van der Waals surface area contributed by atoms with Gasteiger partial charge in [-0.1, -0.05) is 114 Å². The molecule has 5 nitrogen and oxygen atoms in total. The highest BCUT2D eigenvalue weighted by atomic mass is 35.5. The number of alkyl halides is 1. The second kappa shape index (κ2) is 16.1. The topological polar surface area (TPSA) is 68.3 Å². The molecule has 0 spiro atoms. The van der Waals surface area contributed by atoms with Gasteiger partial charge in [0.15, 0.2) is 17.5 Å². The third kappa shape index (κ3) is 7.86. The molecule has 6 aromatic rings. The first-order chi connectivity index (χ1) is 22.6. The molecule has 9 heteroatoms. The third-order valence-electron chi connectivity index (χ3n) is 7.63. The molecule has 0 unspecified atom stereocenters. The normalized spacial score (nSPS) is 11.0. The van der Waals surface area contributed by atoms with Gasteiger partial charge in [0.1, 0.15) is 5.75 Å². The number of aromatic nitrogens is 1. The number of thiazole rings is 1. The van der Waals surface area contributed by atoms with Gasteiger partial charge in [0.25, 0.3) is 5.91 Å². The fourth-order valence-electron chi connectivity index (χ4n) is 5.46. The highest BCUT2D eigenvalue weighted by molar-refractivity contribution is 7.95. The van der Waals surface area contributed by atoms with Gasteiger partial charge in [-0.25, -0.2) is 4.98 Å². The number of fused-ring (bicyclic) bond motifs is 1. The van der Waals surface area contributed by atoms with Crippen LogP contribution in [0.4, 0.5) is 5.13 Å². The zero-order valence-electron chi connectivity index (χ0n) is 25.4. The minimum Gasteiger partial charge on any atom is -0.483 e. The molecule has 1 aromatic heterocycles. The summed E-state index contributed by atoms with van der Waals surface area (Å²) in [6.45, 7) is -2.66. The summed E-state index contributed by atoms with van der Waals surface area (Å²) in [6, 6.07) is 44.0. The van der Waals surface area contributed by atoms with Gasteiger partial charge in [0, 0.05) is 11.4 Å². The average Bonchev–Trinajstić information content (AvgIpc) is 3.52. The van der Waals surface area contributed by atoms with Crippen LogP contribution in [0.2, 0.25) is 0 Å². The van der Waals surface area contributed by atoms with Crippen LogP contribution in [-0.2, 0) is 11.2 Å². The van der Waals surface area contributed by atoms with Crippen molar-refractivity contribution in [2.24, 2.45) is 0 Å². The Balaban J connectivity index is 0.00000433. The number of ether oxygens (including phenoxy) is 1. The molecule has 47 heavy (non-hydrogen) atoms. The minimum atomic E-state index is -2.48. The molecule has 0 atom stereocenters. The van der Waals surface area contributed by atoms with Gasteiger partial charge in [0.05, 0.1) is 10.2 Å². The fraction of sp³-hybridized carbons (Fsp3) is 0.105. The molecule has 0 saturated heterocycles. The first kappa shape index (κ1) is 34.2. The maximum Gasteiger partial charge on any atom is 0.264 e. The molecule has 0 radical (unpaired) electrons. The van der Waals surface area contributed by atoms with Gasteiger partial charge in [-0.05, 0) is 77.3 Å².